The fourth-order valence-electron chi connectivity index (χ4n) is 1.93. The summed E-state index contributed by atoms with van der Waals surface area (Å²) in [5.74, 6) is -0.0991. The van der Waals surface area contributed by atoms with Crippen molar-refractivity contribution in [2.75, 3.05) is 14.1 Å². The third kappa shape index (κ3) is 3.16. The van der Waals surface area contributed by atoms with Gasteiger partial charge in [-0.1, -0.05) is 32.9 Å². The van der Waals surface area contributed by atoms with E-state index in [9.17, 15) is 9.18 Å². The number of ketones is 1. The monoisotopic (exact) mass is 251 g/mol. The molecule has 18 heavy (non-hydrogen) atoms. The lowest BCUT2D eigenvalue weighted by atomic mass is 9.83. The lowest BCUT2D eigenvalue weighted by Crippen LogP contribution is -2.35. The third-order valence-corrected chi connectivity index (χ3v) is 3.00. The molecular weight excluding hydrogens is 229 g/mol. The van der Waals surface area contributed by atoms with Gasteiger partial charge in [-0.25, -0.2) is 4.39 Å². The van der Waals surface area contributed by atoms with E-state index in [0.717, 1.165) is 5.56 Å². The van der Waals surface area contributed by atoms with Crippen LogP contribution < -0.4 is 0 Å². The summed E-state index contributed by atoms with van der Waals surface area (Å²) in [6.45, 7) is 7.43. The topological polar surface area (TPSA) is 20.3 Å². The van der Waals surface area contributed by atoms with Gasteiger partial charge in [-0.15, -0.1) is 0 Å². The fourth-order valence-corrected chi connectivity index (χ4v) is 1.93. The van der Waals surface area contributed by atoms with E-state index in [1.54, 1.807) is 19.1 Å². The van der Waals surface area contributed by atoms with Gasteiger partial charge in [0.1, 0.15) is 5.82 Å². The molecule has 2 nitrogen and oxygen atoms in total. The molecule has 0 aliphatic rings. The van der Waals surface area contributed by atoms with Crippen molar-refractivity contribution in [3.8, 4) is 0 Å². The largest absolute Gasteiger partial charge is 0.297 e. The zero-order valence-corrected chi connectivity index (χ0v) is 12.0. The molecule has 0 amide bonds. The van der Waals surface area contributed by atoms with Crippen LogP contribution in [-0.4, -0.2) is 24.8 Å². The molecule has 0 N–H and O–H groups in total. The van der Waals surface area contributed by atoms with Crippen molar-refractivity contribution in [1.29, 1.82) is 0 Å². The minimum absolute atomic E-state index is 0.138. The zero-order chi connectivity index (χ0) is 14.1. The Morgan fingerprint density at radius 3 is 2.22 bits per heavy atom. The number of nitrogens with zero attached hydrogens (tertiary/aromatic N) is 1. The van der Waals surface area contributed by atoms with Crippen molar-refractivity contribution >= 4 is 5.78 Å². The van der Waals surface area contributed by atoms with Crippen LogP contribution in [0.4, 0.5) is 4.39 Å². The quantitative estimate of drug-likeness (QED) is 0.821. The summed E-state index contributed by atoms with van der Waals surface area (Å²) in [6, 6.07) is 4.54. The van der Waals surface area contributed by atoms with Crippen molar-refractivity contribution in [2.45, 2.75) is 33.7 Å². The number of carbonyl (C=O) groups is 1. The van der Waals surface area contributed by atoms with Crippen molar-refractivity contribution < 1.29 is 9.18 Å². The molecule has 0 aliphatic heterocycles. The molecule has 1 atom stereocenters. The molecule has 0 fully saturated rings. The number of benzene rings is 1. The Balaban J connectivity index is 3.21. The molecular formula is C15H22FNO. The first-order chi connectivity index (χ1) is 8.14. The van der Waals surface area contributed by atoms with E-state index in [1.165, 1.54) is 6.07 Å². The summed E-state index contributed by atoms with van der Waals surface area (Å²) in [5, 5.41) is 0. The lowest BCUT2D eigenvalue weighted by molar-refractivity contribution is -0.131. The van der Waals surface area contributed by atoms with E-state index in [1.807, 2.05) is 39.8 Å². The fraction of sp³-hybridized carbons (Fsp3) is 0.533. The second-order valence-corrected chi connectivity index (χ2v) is 5.99. The van der Waals surface area contributed by atoms with Gasteiger partial charge in [-0.2, -0.15) is 0 Å². The Morgan fingerprint density at radius 2 is 1.83 bits per heavy atom. The van der Waals surface area contributed by atoms with Crippen molar-refractivity contribution in [3.63, 3.8) is 0 Å². The van der Waals surface area contributed by atoms with E-state index < -0.39 is 5.41 Å². The molecule has 100 valence electrons. The van der Waals surface area contributed by atoms with Gasteiger partial charge in [0.05, 0.1) is 6.04 Å². The number of hydrogen-bond donors (Lipinski definition) is 0. The van der Waals surface area contributed by atoms with Crippen molar-refractivity contribution in [1.82, 2.24) is 4.90 Å². The van der Waals surface area contributed by atoms with Crippen LogP contribution in [0.2, 0.25) is 0 Å². The van der Waals surface area contributed by atoms with Gasteiger partial charge in [0, 0.05) is 5.41 Å². The van der Waals surface area contributed by atoms with Crippen LogP contribution in [0.5, 0.6) is 0 Å². The molecule has 0 aliphatic carbocycles. The first kappa shape index (κ1) is 14.8. The molecule has 3 heteroatoms. The summed E-state index contributed by atoms with van der Waals surface area (Å²) in [7, 11) is 3.74. The number of hydrogen-bond acceptors (Lipinski definition) is 2. The summed E-state index contributed by atoms with van der Waals surface area (Å²) in [5.41, 5.74) is 0.997. The van der Waals surface area contributed by atoms with Gasteiger partial charge >= 0.3 is 0 Å². The van der Waals surface area contributed by atoms with E-state index >= 15 is 0 Å². The maximum atomic E-state index is 13.3. The highest BCUT2D eigenvalue weighted by Gasteiger charge is 2.32. The average molecular weight is 251 g/mol. The Labute approximate surface area is 109 Å². The van der Waals surface area contributed by atoms with Gasteiger partial charge in [-0.05, 0) is 38.2 Å². The molecule has 0 saturated carbocycles. The van der Waals surface area contributed by atoms with Gasteiger partial charge in [-0.3, -0.25) is 9.69 Å². The third-order valence-electron chi connectivity index (χ3n) is 3.00. The van der Waals surface area contributed by atoms with Crippen LogP contribution in [0.3, 0.4) is 0 Å². The summed E-state index contributed by atoms with van der Waals surface area (Å²) in [6.07, 6.45) is 0. The zero-order valence-electron chi connectivity index (χ0n) is 12.0. The number of Topliss-reactive ketones (excluding diaryl/α,β-unsaturated/α-hetero) is 1. The molecule has 0 radical (unpaired) electrons. The standard InChI is InChI=1S/C15H22FNO/c1-10-9-11(7-8-12(10)16)13(17(5)6)14(18)15(2,3)4/h7-9,13H,1-6H3. The molecule has 0 heterocycles. The maximum absolute atomic E-state index is 13.3. The number of carbonyl (C=O) groups excluding carboxylic acids is 1. The molecule has 0 bridgehead atoms. The molecule has 0 spiro atoms. The highest BCUT2D eigenvalue weighted by molar-refractivity contribution is 5.89. The molecule has 1 aromatic rings. The summed E-state index contributed by atoms with van der Waals surface area (Å²) >= 11 is 0. The summed E-state index contributed by atoms with van der Waals surface area (Å²) < 4.78 is 13.3. The lowest BCUT2D eigenvalue weighted by Gasteiger charge is -2.30. The predicted octanol–water partition coefficient (Wildman–Crippen LogP) is 3.35. The second-order valence-electron chi connectivity index (χ2n) is 5.99. The van der Waals surface area contributed by atoms with E-state index in [0.29, 0.717) is 5.56 Å². The smallest absolute Gasteiger partial charge is 0.159 e. The average Bonchev–Trinajstić information content (AvgIpc) is 2.21. The highest BCUT2D eigenvalue weighted by atomic mass is 19.1. The Bertz CT molecular complexity index is 446. The predicted molar refractivity (Wildman–Crippen MR) is 72.0 cm³/mol. The number of halogens is 1. The van der Waals surface area contributed by atoms with E-state index in [4.69, 9.17) is 0 Å². The molecule has 0 saturated heterocycles. The SMILES string of the molecule is Cc1cc(C(C(=O)C(C)(C)C)N(C)C)ccc1F. The van der Waals surface area contributed by atoms with Gasteiger partial charge < -0.3 is 0 Å². The molecule has 1 rings (SSSR count). The van der Waals surface area contributed by atoms with E-state index in [-0.39, 0.29) is 17.6 Å². The van der Waals surface area contributed by atoms with Crippen molar-refractivity contribution in [3.05, 3.63) is 35.1 Å². The van der Waals surface area contributed by atoms with Gasteiger partial charge in [0.25, 0.3) is 0 Å². The summed E-state index contributed by atoms with van der Waals surface area (Å²) in [4.78, 5) is 14.3. The maximum Gasteiger partial charge on any atom is 0.159 e. The number of rotatable bonds is 3. The van der Waals surface area contributed by atoms with Crippen LogP contribution in [-0.2, 0) is 4.79 Å². The van der Waals surface area contributed by atoms with Gasteiger partial charge in [0.2, 0.25) is 0 Å². The van der Waals surface area contributed by atoms with Crippen molar-refractivity contribution in [2.24, 2.45) is 5.41 Å². The molecule has 1 aromatic carbocycles. The van der Waals surface area contributed by atoms with Crippen LogP contribution in [0, 0.1) is 18.2 Å². The first-order valence-electron chi connectivity index (χ1n) is 6.11. The number of aryl methyl sites for hydroxylation is 1. The minimum Gasteiger partial charge on any atom is -0.297 e. The van der Waals surface area contributed by atoms with Crippen LogP contribution in [0.15, 0.2) is 18.2 Å². The van der Waals surface area contributed by atoms with Crippen LogP contribution in [0.1, 0.15) is 37.9 Å². The van der Waals surface area contributed by atoms with E-state index in [2.05, 4.69) is 0 Å². The first-order valence-corrected chi connectivity index (χ1v) is 6.11. The van der Waals surface area contributed by atoms with Crippen LogP contribution >= 0.6 is 0 Å². The minimum atomic E-state index is -0.419. The van der Waals surface area contributed by atoms with Gasteiger partial charge in [0.15, 0.2) is 5.78 Å². The Morgan fingerprint density at radius 1 is 1.28 bits per heavy atom. The Hall–Kier alpha value is -1.22. The highest BCUT2D eigenvalue weighted by Crippen LogP contribution is 2.29. The molecule has 0 aromatic heterocycles. The number of likely N-dealkylation sites (N-methyl/N-ethyl adjacent to an activating group) is 1. The molecule has 1 unspecified atom stereocenters. The second kappa shape index (κ2) is 5.19. The Kier molecular flexibility index (Phi) is 4.28. The van der Waals surface area contributed by atoms with Crippen LogP contribution in [0.25, 0.3) is 0 Å². The normalized spacial score (nSPS) is 13.8.